The van der Waals surface area contributed by atoms with Crippen molar-refractivity contribution >= 4 is 17.4 Å². The number of aryl methyl sites for hydroxylation is 1. The van der Waals surface area contributed by atoms with Crippen molar-refractivity contribution in [3.05, 3.63) is 33.4 Å². The molecule has 0 aromatic heterocycles. The summed E-state index contributed by atoms with van der Waals surface area (Å²) in [4.78, 5) is 22.6. The van der Waals surface area contributed by atoms with E-state index in [4.69, 9.17) is 5.11 Å². The second kappa shape index (κ2) is 9.09. The summed E-state index contributed by atoms with van der Waals surface area (Å²) in [5.41, 5.74) is 1.65. The number of amides is 2. The van der Waals surface area contributed by atoms with Crippen LogP contribution in [0, 0.1) is 29.9 Å². The van der Waals surface area contributed by atoms with E-state index in [2.05, 4.69) is 17.6 Å². The number of anilines is 1. The molecule has 1 atom stereocenters. The van der Waals surface area contributed by atoms with Gasteiger partial charge in [-0.25, -0.2) is 4.79 Å². The fourth-order valence-corrected chi connectivity index (χ4v) is 2.56. The summed E-state index contributed by atoms with van der Waals surface area (Å²) in [6, 6.07) is 2.66. The largest absolute Gasteiger partial charge is 0.396 e. The highest BCUT2D eigenvalue weighted by molar-refractivity contribution is 5.91. The van der Waals surface area contributed by atoms with Crippen molar-refractivity contribution in [1.82, 2.24) is 5.32 Å². The Bertz CT molecular complexity index is 555. The summed E-state index contributed by atoms with van der Waals surface area (Å²) in [6.45, 7) is 6.02. The third-order valence-corrected chi connectivity index (χ3v) is 3.87. The van der Waals surface area contributed by atoms with Crippen molar-refractivity contribution in [2.24, 2.45) is 5.92 Å². The van der Waals surface area contributed by atoms with Crippen LogP contribution in [0.3, 0.4) is 0 Å². The van der Waals surface area contributed by atoms with Gasteiger partial charge in [-0.15, -0.1) is 0 Å². The molecule has 0 spiro atoms. The first-order valence-corrected chi connectivity index (χ1v) is 7.81. The molecule has 23 heavy (non-hydrogen) atoms. The number of hydrogen-bond acceptors (Lipinski definition) is 4. The quantitative estimate of drug-likeness (QED) is 0.505. The van der Waals surface area contributed by atoms with E-state index in [0.29, 0.717) is 24.2 Å². The van der Waals surface area contributed by atoms with E-state index in [1.54, 1.807) is 19.9 Å². The van der Waals surface area contributed by atoms with Crippen molar-refractivity contribution in [3.8, 4) is 0 Å². The standard InChI is InChI=1S/C16H25N3O4/c1-4-5-13(8-9-20)10-17-16(21)18-15-11(2)6-7-14(12(15)3)19(22)23/h6-7,13,20H,4-5,8-10H2,1-3H3,(H2,17,18,21). The van der Waals surface area contributed by atoms with Gasteiger partial charge in [0.15, 0.2) is 0 Å². The molecule has 0 radical (unpaired) electrons. The first-order valence-electron chi connectivity index (χ1n) is 7.81. The lowest BCUT2D eigenvalue weighted by Gasteiger charge is -2.17. The predicted octanol–water partition coefficient (Wildman–Crippen LogP) is 3.13. The van der Waals surface area contributed by atoms with E-state index in [-0.39, 0.29) is 18.2 Å². The molecule has 7 nitrogen and oxygen atoms in total. The van der Waals surface area contributed by atoms with Gasteiger partial charge < -0.3 is 15.7 Å². The molecule has 0 aliphatic rings. The lowest BCUT2D eigenvalue weighted by Crippen LogP contribution is -2.33. The van der Waals surface area contributed by atoms with Crippen LogP contribution in [-0.2, 0) is 0 Å². The van der Waals surface area contributed by atoms with Crippen molar-refractivity contribution in [1.29, 1.82) is 0 Å². The van der Waals surface area contributed by atoms with Crippen LogP contribution in [-0.4, -0.2) is 29.2 Å². The number of aliphatic hydroxyl groups excluding tert-OH is 1. The van der Waals surface area contributed by atoms with Gasteiger partial charge in [0.05, 0.1) is 16.2 Å². The van der Waals surface area contributed by atoms with Crippen LogP contribution in [0.1, 0.15) is 37.3 Å². The second-order valence-electron chi connectivity index (χ2n) is 5.66. The molecule has 128 valence electrons. The van der Waals surface area contributed by atoms with Crippen molar-refractivity contribution in [2.45, 2.75) is 40.0 Å². The Morgan fingerprint density at radius 1 is 1.35 bits per heavy atom. The smallest absolute Gasteiger partial charge is 0.319 e. The fraction of sp³-hybridized carbons (Fsp3) is 0.562. The van der Waals surface area contributed by atoms with E-state index in [1.165, 1.54) is 6.07 Å². The summed E-state index contributed by atoms with van der Waals surface area (Å²) >= 11 is 0. The Labute approximate surface area is 136 Å². The molecule has 2 amide bonds. The van der Waals surface area contributed by atoms with Gasteiger partial charge in [0, 0.05) is 19.2 Å². The van der Waals surface area contributed by atoms with Gasteiger partial charge in [-0.05, 0) is 38.2 Å². The number of urea groups is 1. The molecule has 1 unspecified atom stereocenters. The van der Waals surface area contributed by atoms with Crippen LogP contribution >= 0.6 is 0 Å². The number of aliphatic hydroxyl groups is 1. The summed E-state index contributed by atoms with van der Waals surface area (Å²) in [6.07, 6.45) is 2.55. The minimum Gasteiger partial charge on any atom is -0.396 e. The summed E-state index contributed by atoms with van der Waals surface area (Å²) in [5, 5.41) is 25.5. The molecular weight excluding hydrogens is 298 g/mol. The van der Waals surface area contributed by atoms with Crippen LogP contribution < -0.4 is 10.6 Å². The van der Waals surface area contributed by atoms with Crippen molar-refractivity contribution in [2.75, 3.05) is 18.5 Å². The molecule has 1 aromatic carbocycles. The van der Waals surface area contributed by atoms with Gasteiger partial charge in [0.2, 0.25) is 0 Å². The zero-order valence-electron chi connectivity index (χ0n) is 13.9. The number of nitro benzene ring substituents is 1. The van der Waals surface area contributed by atoms with E-state index in [0.717, 1.165) is 18.4 Å². The highest BCUT2D eigenvalue weighted by Crippen LogP contribution is 2.28. The van der Waals surface area contributed by atoms with Gasteiger partial charge in [0.25, 0.3) is 5.69 Å². The van der Waals surface area contributed by atoms with Gasteiger partial charge in [0.1, 0.15) is 0 Å². The molecule has 3 N–H and O–H groups in total. The minimum absolute atomic E-state index is 0.0185. The van der Waals surface area contributed by atoms with E-state index in [9.17, 15) is 14.9 Å². The van der Waals surface area contributed by atoms with Gasteiger partial charge in [-0.3, -0.25) is 10.1 Å². The van der Waals surface area contributed by atoms with Crippen LogP contribution in [0.15, 0.2) is 12.1 Å². The average molecular weight is 323 g/mol. The first kappa shape index (κ1) is 18.9. The topological polar surface area (TPSA) is 104 Å². The summed E-state index contributed by atoms with van der Waals surface area (Å²) in [5.74, 6) is 0.225. The number of hydrogen-bond donors (Lipinski definition) is 3. The SMILES string of the molecule is CCCC(CCO)CNC(=O)Nc1c(C)ccc([N+](=O)[O-])c1C. The average Bonchev–Trinajstić information content (AvgIpc) is 2.49. The molecule has 0 fully saturated rings. The van der Waals surface area contributed by atoms with Crippen LogP contribution in [0.4, 0.5) is 16.2 Å². The van der Waals surface area contributed by atoms with Crippen LogP contribution in [0.5, 0.6) is 0 Å². The lowest BCUT2D eigenvalue weighted by atomic mass is 10.0. The Hall–Kier alpha value is -2.15. The van der Waals surface area contributed by atoms with E-state index >= 15 is 0 Å². The van der Waals surface area contributed by atoms with Gasteiger partial charge in [-0.2, -0.15) is 0 Å². The summed E-state index contributed by atoms with van der Waals surface area (Å²) in [7, 11) is 0. The number of carbonyl (C=O) groups excluding carboxylic acids is 1. The molecule has 0 heterocycles. The Balaban J connectivity index is 2.74. The number of benzene rings is 1. The number of nitrogens with one attached hydrogen (secondary N) is 2. The number of nitro groups is 1. The predicted molar refractivity (Wildman–Crippen MR) is 89.7 cm³/mol. The number of carbonyl (C=O) groups is 1. The second-order valence-corrected chi connectivity index (χ2v) is 5.66. The third kappa shape index (κ3) is 5.52. The van der Waals surface area contributed by atoms with Crippen molar-refractivity contribution in [3.63, 3.8) is 0 Å². The maximum Gasteiger partial charge on any atom is 0.319 e. The normalized spacial score (nSPS) is 11.8. The molecule has 0 saturated carbocycles. The molecular formula is C16H25N3O4. The third-order valence-electron chi connectivity index (χ3n) is 3.87. The minimum atomic E-state index is -0.462. The number of nitrogens with zero attached hydrogens (tertiary/aromatic N) is 1. The molecule has 1 rings (SSSR count). The number of rotatable bonds is 8. The molecule has 7 heteroatoms. The monoisotopic (exact) mass is 323 g/mol. The zero-order chi connectivity index (χ0) is 17.4. The van der Waals surface area contributed by atoms with Gasteiger partial charge >= 0.3 is 6.03 Å². The van der Waals surface area contributed by atoms with Crippen LogP contribution in [0.2, 0.25) is 0 Å². The summed E-state index contributed by atoms with van der Waals surface area (Å²) < 4.78 is 0. The fourth-order valence-electron chi connectivity index (χ4n) is 2.56. The van der Waals surface area contributed by atoms with Crippen molar-refractivity contribution < 1.29 is 14.8 Å². The van der Waals surface area contributed by atoms with E-state index in [1.807, 2.05) is 0 Å². The van der Waals surface area contributed by atoms with Gasteiger partial charge in [-0.1, -0.05) is 19.4 Å². The highest BCUT2D eigenvalue weighted by atomic mass is 16.6. The zero-order valence-corrected chi connectivity index (χ0v) is 13.9. The first-order chi connectivity index (χ1) is 10.9. The maximum atomic E-state index is 12.1. The molecule has 0 bridgehead atoms. The Morgan fingerprint density at radius 2 is 2.04 bits per heavy atom. The maximum absolute atomic E-state index is 12.1. The Morgan fingerprint density at radius 3 is 2.61 bits per heavy atom. The highest BCUT2D eigenvalue weighted by Gasteiger charge is 2.17. The molecule has 1 aromatic rings. The molecule has 0 saturated heterocycles. The Kier molecular flexibility index (Phi) is 7.47. The molecule has 0 aliphatic heterocycles. The van der Waals surface area contributed by atoms with E-state index < -0.39 is 11.0 Å². The molecule has 0 aliphatic carbocycles. The van der Waals surface area contributed by atoms with Crippen LogP contribution in [0.25, 0.3) is 0 Å². The lowest BCUT2D eigenvalue weighted by molar-refractivity contribution is -0.385.